The van der Waals surface area contributed by atoms with Crippen LogP contribution in [0.3, 0.4) is 0 Å². The topological polar surface area (TPSA) is 30.0 Å². The maximum absolute atomic E-state index is 11.6. The van der Waals surface area contributed by atoms with Gasteiger partial charge in [0.25, 0.3) is 0 Å². The number of nitrogens with zero attached hydrogens (tertiary/aromatic N) is 1. The molecule has 1 aromatic heterocycles. The molecule has 0 amide bonds. The molecule has 15 heavy (non-hydrogen) atoms. The predicted molar refractivity (Wildman–Crippen MR) is 64.3 cm³/mol. The first-order valence-corrected chi connectivity index (χ1v) is 6.22. The molecule has 3 heteroatoms. The number of aromatic nitrogens is 1. The van der Waals surface area contributed by atoms with E-state index in [1.54, 1.807) is 11.3 Å². The van der Waals surface area contributed by atoms with E-state index >= 15 is 0 Å². The Labute approximate surface area is 95.7 Å². The summed E-state index contributed by atoms with van der Waals surface area (Å²) < 4.78 is 0. The zero-order valence-electron chi connectivity index (χ0n) is 9.96. The van der Waals surface area contributed by atoms with E-state index in [0.717, 1.165) is 23.5 Å². The third-order valence-corrected chi connectivity index (χ3v) is 3.32. The van der Waals surface area contributed by atoms with Crippen molar-refractivity contribution in [3.63, 3.8) is 0 Å². The highest BCUT2D eigenvalue weighted by molar-refractivity contribution is 7.09. The van der Waals surface area contributed by atoms with Gasteiger partial charge < -0.3 is 0 Å². The van der Waals surface area contributed by atoms with Gasteiger partial charge in [-0.15, -0.1) is 11.3 Å². The van der Waals surface area contributed by atoms with Crippen molar-refractivity contribution in [2.75, 3.05) is 0 Å². The number of hydrogen-bond donors (Lipinski definition) is 0. The van der Waals surface area contributed by atoms with Gasteiger partial charge in [0.15, 0.2) is 0 Å². The monoisotopic (exact) mass is 225 g/mol. The van der Waals surface area contributed by atoms with E-state index in [1.165, 1.54) is 0 Å². The molecule has 0 aliphatic rings. The van der Waals surface area contributed by atoms with Crippen LogP contribution in [0.15, 0.2) is 5.38 Å². The molecule has 0 saturated carbocycles. The molecule has 2 nitrogen and oxygen atoms in total. The second-order valence-corrected chi connectivity index (χ2v) is 5.85. The normalized spacial score (nSPS) is 11.7. The van der Waals surface area contributed by atoms with Crippen LogP contribution in [0.5, 0.6) is 0 Å². The smallest absolute Gasteiger partial charge is 0.138 e. The summed E-state index contributed by atoms with van der Waals surface area (Å²) in [5, 5.41) is 3.20. The van der Waals surface area contributed by atoms with Gasteiger partial charge in [-0.25, -0.2) is 4.98 Å². The fraction of sp³-hybridized carbons (Fsp3) is 0.667. The second kappa shape index (κ2) is 4.88. The molecule has 0 N–H and O–H groups in total. The number of rotatable bonds is 4. The number of hydrogen-bond acceptors (Lipinski definition) is 3. The van der Waals surface area contributed by atoms with Gasteiger partial charge in [0.2, 0.25) is 0 Å². The molecule has 84 valence electrons. The van der Waals surface area contributed by atoms with Crippen LogP contribution in [0.2, 0.25) is 0 Å². The van der Waals surface area contributed by atoms with Crippen molar-refractivity contribution < 1.29 is 4.79 Å². The summed E-state index contributed by atoms with van der Waals surface area (Å²) in [5.41, 5.74) is 0.885. The largest absolute Gasteiger partial charge is 0.299 e. The van der Waals surface area contributed by atoms with E-state index in [4.69, 9.17) is 0 Å². The molecule has 0 fully saturated rings. The summed E-state index contributed by atoms with van der Waals surface area (Å²) >= 11 is 1.69. The third kappa shape index (κ3) is 4.12. The molecule has 0 spiro atoms. The van der Waals surface area contributed by atoms with Crippen LogP contribution in [-0.2, 0) is 11.2 Å². The molecule has 0 aliphatic carbocycles. The lowest BCUT2D eigenvalue weighted by Crippen LogP contribution is -2.19. The summed E-state index contributed by atoms with van der Waals surface area (Å²) in [5.74, 6) is 0.343. The van der Waals surface area contributed by atoms with Gasteiger partial charge in [-0.1, -0.05) is 20.8 Å². The van der Waals surface area contributed by atoms with Crippen molar-refractivity contribution in [2.45, 2.75) is 47.0 Å². The molecule has 0 saturated heterocycles. The van der Waals surface area contributed by atoms with E-state index in [2.05, 4.69) is 10.4 Å². The number of Topliss-reactive ketones (excluding diaryl/α,β-unsaturated/α-hetero) is 1. The number of carbonyl (C=O) groups is 1. The number of ketones is 1. The summed E-state index contributed by atoms with van der Waals surface area (Å²) in [6.45, 7) is 7.93. The average molecular weight is 225 g/mol. The summed E-state index contributed by atoms with van der Waals surface area (Å²) in [4.78, 5) is 16.0. The standard InChI is InChI=1S/C12H19NOS/c1-9-8-15-11(13-9)7-5-6-10(14)12(2,3)4/h8H,5-7H2,1-4H3. The molecular formula is C12H19NOS. The quantitative estimate of drug-likeness (QED) is 0.786. The van der Waals surface area contributed by atoms with E-state index < -0.39 is 0 Å². The van der Waals surface area contributed by atoms with Gasteiger partial charge in [0, 0.05) is 22.9 Å². The minimum Gasteiger partial charge on any atom is -0.299 e. The van der Waals surface area contributed by atoms with Crippen molar-refractivity contribution in [3.8, 4) is 0 Å². The Hall–Kier alpha value is -0.700. The first-order valence-electron chi connectivity index (χ1n) is 5.34. The molecule has 0 atom stereocenters. The zero-order valence-corrected chi connectivity index (χ0v) is 10.8. The number of aryl methyl sites for hydroxylation is 2. The summed E-state index contributed by atoms with van der Waals surface area (Å²) in [7, 11) is 0. The van der Waals surface area contributed by atoms with Crippen LogP contribution in [-0.4, -0.2) is 10.8 Å². The maximum atomic E-state index is 11.6. The Morgan fingerprint density at radius 3 is 2.60 bits per heavy atom. The SMILES string of the molecule is Cc1csc(CCCC(=O)C(C)(C)C)n1. The first-order chi connectivity index (χ1) is 6.89. The van der Waals surface area contributed by atoms with Gasteiger partial charge >= 0.3 is 0 Å². The van der Waals surface area contributed by atoms with Crippen molar-refractivity contribution in [1.82, 2.24) is 4.98 Å². The van der Waals surface area contributed by atoms with Gasteiger partial charge in [-0.05, 0) is 19.8 Å². The average Bonchev–Trinajstić information content (AvgIpc) is 2.49. The third-order valence-electron chi connectivity index (χ3n) is 2.30. The highest BCUT2D eigenvalue weighted by Crippen LogP contribution is 2.19. The number of carbonyl (C=O) groups excluding carboxylic acids is 1. The lowest BCUT2D eigenvalue weighted by Gasteiger charge is -2.15. The molecule has 0 unspecified atom stereocenters. The van der Waals surface area contributed by atoms with Crippen LogP contribution < -0.4 is 0 Å². The van der Waals surface area contributed by atoms with Crippen LogP contribution in [0, 0.1) is 12.3 Å². The Kier molecular flexibility index (Phi) is 4.03. The second-order valence-electron chi connectivity index (χ2n) is 4.91. The maximum Gasteiger partial charge on any atom is 0.138 e. The van der Waals surface area contributed by atoms with Gasteiger partial charge in [-0.2, -0.15) is 0 Å². The van der Waals surface area contributed by atoms with Crippen molar-refractivity contribution in [2.24, 2.45) is 5.41 Å². The highest BCUT2D eigenvalue weighted by atomic mass is 32.1. The molecule has 1 rings (SSSR count). The molecule has 1 heterocycles. The zero-order chi connectivity index (χ0) is 11.5. The van der Waals surface area contributed by atoms with Crippen LogP contribution in [0.25, 0.3) is 0 Å². The lowest BCUT2D eigenvalue weighted by molar-refractivity contribution is -0.126. The Morgan fingerprint density at radius 2 is 2.13 bits per heavy atom. The molecule has 0 aliphatic heterocycles. The van der Waals surface area contributed by atoms with Crippen LogP contribution >= 0.6 is 11.3 Å². The summed E-state index contributed by atoms with van der Waals surface area (Å²) in [6, 6.07) is 0. The van der Waals surface area contributed by atoms with Gasteiger partial charge in [0.1, 0.15) is 5.78 Å². The predicted octanol–water partition coefficient (Wildman–Crippen LogP) is 3.39. The van der Waals surface area contributed by atoms with Crippen LogP contribution in [0.4, 0.5) is 0 Å². The number of thiazole rings is 1. The van der Waals surface area contributed by atoms with Crippen molar-refractivity contribution in [3.05, 3.63) is 16.1 Å². The molecule has 0 bridgehead atoms. The molecule has 1 aromatic rings. The van der Waals surface area contributed by atoms with Gasteiger partial charge in [-0.3, -0.25) is 4.79 Å². The minimum absolute atomic E-state index is 0.196. The molecule has 0 radical (unpaired) electrons. The van der Waals surface area contributed by atoms with Crippen molar-refractivity contribution in [1.29, 1.82) is 0 Å². The fourth-order valence-electron chi connectivity index (χ4n) is 1.29. The van der Waals surface area contributed by atoms with Crippen molar-refractivity contribution >= 4 is 17.1 Å². The Morgan fingerprint density at radius 1 is 1.47 bits per heavy atom. The van der Waals surface area contributed by atoms with Crippen LogP contribution in [0.1, 0.15) is 44.3 Å². The molecule has 0 aromatic carbocycles. The lowest BCUT2D eigenvalue weighted by atomic mass is 9.88. The fourth-order valence-corrected chi connectivity index (χ4v) is 2.11. The summed E-state index contributed by atoms with van der Waals surface area (Å²) in [6.07, 6.45) is 2.52. The highest BCUT2D eigenvalue weighted by Gasteiger charge is 2.20. The molecular weight excluding hydrogens is 206 g/mol. The van der Waals surface area contributed by atoms with E-state index in [-0.39, 0.29) is 5.41 Å². The Balaban J connectivity index is 2.31. The minimum atomic E-state index is -0.196. The van der Waals surface area contributed by atoms with E-state index in [1.807, 2.05) is 27.7 Å². The van der Waals surface area contributed by atoms with E-state index in [0.29, 0.717) is 12.2 Å². The van der Waals surface area contributed by atoms with E-state index in [9.17, 15) is 4.79 Å². The van der Waals surface area contributed by atoms with Gasteiger partial charge in [0.05, 0.1) is 5.01 Å². The Bertz CT molecular complexity index is 336. The first kappa shape index (κ1) is 12.4.